The summed E-state index contributed by atoms with van der Waals surface area (Å²) in [4.78, 5) is 22.0. The molecule has 84 valence electrons. The summed E-state index contributed by atoms with van der Waals surface area (Å²) in [7, 11) is 0. The van der Waals surface area contributed by atoms with Crippen LogP contribution in [0.15, 0.2) is 41.6 Å². The Bertz CT molecular complexity index is 414. The summed E-state index contributed by atoms with van der Waals surface area (Å²) < 4.78 is 0. The minimum Gasteiger partial charge on any atom is -0.477 e. The van der Waals surface area contributed by atoms with E-state index in [9.17, 15) is 9.59 Å². The van der Waals surface area contributed by atoms with E-state index in [2.05, 4.69) is 5.32 Å². The smallest absolute Gasteiger partial charge is 0.353 e. The highest BCUT2D eigenvalue weighted by Gasteiger charge is 2.10. The molecular weight excluding hydrogens is 230 g/mol. The number of hydrogen-bond acceptors (Lipinski definition) is 2. The fourth-order valence-electron chi connectivity index (χ4n) is 1.10. The van der Waals surface area contributed by atoms with Crippen molar-refractivity contribution >= 4 is 23.5 Å². The number of carbonyl (C=O) groups is 2. The summed E-state index contributed by atoms with van der Waals surface area (Å²) in [5.74, 6) is -1.68. The summed E-state index contributed by atoms with van der Waals surface area (Å²) >= 11 is 5.25. The third kappa shape index (κ3) is 3.74. The number of carboxylic acid groups (broad SMARTS) is 1. The van der Waals surface area contributed by atoms with Crippen LogP contribution in [-0.2, 0) is 16.0 Å². The number of carboxylic acids is 1. The van der Waals surface area contributed by atoms with Gasteiger partial charge in [-0.25, -0.2) is 4.79 Å². The van der Waals surface area contributed by atoms with Crippen molar-refractivity contribution in [1.82, 2.24) is 5.32 Å². The second kappa shape index (κ2) is 5.92. The SMILES string of the molecule is O=C(Cc1ccccc1)N/C(=C/Cl)C(=O)O. The molecule has 0 radical (unpaired) electrons. The highest BCUT2D eigenvalue weighted by atomic mass is 35.5. The molecule has 5 heteroatoms. The van der Waals surface area contributed by atoms with Crippen LogP contribution in [0.2, 0.25) is 0 Å². The Hall–Kier alpha value is -1.81. The van der Waals surface area contributed by atoms with Gasteiger partial charge in [-0.3, -0.25) is 4.79 Å². The number of nitrogens with one attached hydrogen (secondary N) is 1. The van der Waals surface area contributed by atoms with E-state index < -0.39 is 11.9 Å². The number of rotatable bonds is 4. The van der Waals surface area contributed by atoms with Crippen molar-refractivity contribution in [2.45, 2.75) is 6.42 Å². The molecule has 0 unspecified atom stereocenters. The van der Waals surface area contributed by atoms with Crippen molar-refractivity contribution in [3.05, 3.63) is 47.1 Å². The van der Waals surface area contributed by atoms with Crippen LogP contribution in [0.4, 0.5) is 0 Å². The zero-order valence-corrected chi connectivity index (χ0v) is 9.07. The van der Waals surface area contributed by atoms with Gasteiger partial charge in [0.15, 0.2) is 0 Å². The molecule has 0 bridgehead atoms. The van der Waals surface area contributed by atoms with Gasteiger partial charge in [0.05, 0.1) is 6.42 Å². The Balaban J connectivity index is 2.58. The molecule has 1 amide bonds. The Morgan fingerprint density at radius 3 is 2.44 bits per heavy atom. The van der Waals surface area contributed by atoms with E-state index in [-0.39, 0.29) is 12.1 Å². The molecule has 0 atom stereocenters. The average molecular weight is 240 g/mol. The lowest BCUT2D eigenvalue weighted by Gasteiger charge is -2.04. The van der Waals surface area contributed by atoms with Crippen molar-refractivity contribution < 1.29 is 14.7 Å². The van der Waals surface area contributed by atoms with E-state index in [1.807, 2.05) is 6.07 Å². The van der Waals surface area contributed by atoms with E-state index >= 15 is 0 Å². The maximum absolute atomic E-state index is 11.4. The number of hydrogen-bond donors (Lipinski definition) is 2. The quantitative estimate of drug-likeness (QED) is 0.783. The maximum Gasteiger partial charge on any atom is 0.353 e. The second-order valence-electron chi connectivity index (χ2n) is 3.04. The molecule has 2 N–H and O–H groups in total. The molecule has 1 rings (SSSR count). The zero-order chi connectivity index (χ0) is 12.0. The van der Waals surface area contributed by atoms with Crippen molar-refractivity contribution in [2.24, 2.45) is 0 Å². The van der Waals surface area contributed by atoms with Gasteiger partial charge in [-0.15, -0.1) is 0 Å². The molecule has 1 aromatic rings. The van der Waals surface area contributed by atoms with Gasteiger partial charge in [0.2, 0.25) is 5.91 Å². The first-order valence-corrected chi connectivity index (χ1v) is 4.94. The van der Waals surface area contributed by atoms with Crippen LogP contribution in [0.3, 0.4) is 0 Å². The van der Waals surface area contributed by atoms with Gasteiger partial charge in [-0.1, -0.05) is 41.9 Å². The molecule has 0 saturated carbocycles. The minimum absolute atomic E-state index is 0.113. The number of carbonyl (C=O) groups excluding carboxylic acids is 1. The molecule has 0 aromatic heterocycles. The largest absolute Gasteiger partial charge is 0.477 e. The lowest BCUT2D eigenvalue weighted by Crippen LogP contribution is -2.28. The average Bonchev–Trinajstić information content (AvgIpc) is 2.27. The van der Waals surface area contributed by atoms with Gasteiger partial charge in [-0.2, -0.15) is 0 Å². The van der Waals surface area contributed by atoms with E-state index in [4.69, 9.17) is 16.7 Å². The van der Waals surface area contributed by atoms with Crippen LogP contribution >= 0.6 is 11.6 Å². The minimum atomic E-state index is -1.27. The Kier molecular flexibility index (Phi) is 4.54. The molecule has 1 aromatic carbocycles. The summed E-state index contributed by atoms with van der Waals surface area (Å²) in [6.07, 6.45) is 0.113. The van der Waals surface area contributed by atoms with E-state index in [0.29, 0.717) is 0 Å². The van der Waals surface area contributed by atoms with Crippen molar-refractivity contribution in [3.63, 3.8) is 0 Å². The highest BCUT2D eigenvalue weighted by Crippen LogP contribution is 2.00. The van der Waals surface area contributed by atoms with Crippen LogP contribution in [0.1, 0.15) is 5.56 Å². The Morgan fingerprint density at radius 1 is 1.31 bits per heavy atom. The first kappa shape index (κ1) is 12.3. The van der Waals surface area contributed by atoms with Gasteiger partial charge < -0.3 is 10.4 Å². The van der Waals surface area contributed by atoms with Crippen LogP contribution in [-0.4, -0.2) is 17.0 Å². The van der Waals surface area contributed by atoms with Crippen molar-refractivity contribution in [3.8, 4) is 0 Å². The molecule has 0 aliphatic heterocycles. The highest BCUT2D eigenvalue weighted by molar-refractivity contribution is 6.27. The first-order chi connectivity index (χ1) is 7.63. The fourth-order valence-corrected chi connectivity index (χ4v) is 1.25. The van der Waals surface area contributed by atoms with Gasteiger partial charge in [0.25, 0.3) is 0 Å². The van der Waals surface area contributed by atoms with Gasteiger partial charge in [-0.05, 0) is 5.56 Å². The third-order valence-corrected chi connectivity index (χ3v) is 2.04. The second-order valence-corrected chi connectivity index (χ2v) is 3.26. The lowest BCUT2D eigenvalue weighted by molar-refractivity contribution is -0.134. The monoisotopic (exact) mass is 239 g/mol. The van der Waals surface area contributed by atoms with Gasteiger partial charge in [0.1, 0.15) is 5.70 Å². The Morgan fingerprint density at radius 2 is 1.94 bits per heavy atom. The van der Waals surface area contributed by atoms with Crippen LogP contribution in [0.25, 0.3) is 0 Å². The predicted octanol–water partition coefficient (Wildman–Crippen LogP) is 1.51. The summed E-state index contributed by atoms with van der Waals surface area (Å²) in [5, 5.41) is 10.8. The topological polar surface area (TPSA) is 66.4 Å². The molecule has 0 saturated heterocycles. The predicted molar refractivity (Wildman–Crippen MR) is 59.9 cm³/mol. The molecule has 16 heavy (non-hydrogen) atoms. The van der Waals surface area contributed by atoms with Crippen molar-refractivity contribution in [2.75, 3.05) is 0 Å². The van der Waals surface area contributed by atoms with Crippen LogP contribution < -0.4 is 5.32 Å². The molecule has 0 spiro atoms. The zero-order valence-electron chi connectivity index (χ0n) is 8.31. The van der Waals surface area contributed by atoms with Crippen LogP contribution in [0.5, 0.6) is 0 Å². The molecule has 4 nitrogen and oxygen atoms in total. The summed E-state index contributed by atoms with van der Waals surface area (Å²) in [5.41, 5.74) is 1.30. The maximum atomic E-state index is 11.4. The van der Waals surface area contributed by atoms with E-state index in [1.54, 1.807) is 24.3 Å². The number of amides is 1. The fraction of sp³-hybridized carbons (Fsp3) is 0.0909. The molecule has 0 heterocycles. The number of aliphatic carboxylic acids is 1. The third-order valence-electron chi connectivity index (χ3n) is 1.82. The molecule has 0 aliphatic carbocycles. The van der Waals surface area contributed by atoms with E-state index in [0.717, 1.165) is 11.1 Å². The molecule has 0 fully saturated rings. The first-order valence-electron chi connectivity index (χ1n) is 4.51. The molecule has 0 aliphatic rings. The van der Waals surface area contributed by atoms with E-state index in [1.165, 1.54) is 0 Å². The summed E-state index contributed by atoms with van der Waals surface area (Å²) in [6, 6.07) is 9.01. The van der Waals surface area contributed by atoms with Crippen LogP contribution in [0, 0.1) is 0 Å². The van der Waals surface area contributed by atoms with Crippen molar-refractivity contribution in [1.29, 1.82) is 0 Å². The normalized spacial score (nSPS) is 10.9. The van der Waals surface area contributed by atoms with Gasteiger partial charge >= 0.3 is 5.97 Å². The number of halogens is 1. The summed E-state index contributed by atoms with van der Waals surface area (Å²) in [6.45, 7) is 0. The van der Waals surface area contributed by atoms with Gasteiger partial charge in [0, 0.05) is 5.54 Å². The standard InChI is InChI=1S/C11H10ClNO3/c12-7-9(11(15)16)13-10(14)6-8-4-2-1-3-5-8/h1-5,7H,6H2,(H,13,14)(H,15,16)/b9-7+. The number of benzene rings is 1. The molecular formula is C11H10ClNO3. The Labute approximate surface area is 97.5 Å². The lowest BCUT2D eigenvalue weighted by atomic mass is 10.1.